The van der Waals surface area contributed by atoms with Crippen molar-refractivity contribution in [1.29, 1.82) is 0 Å². The van der Waals surface area contributed by atoms with Crippen LogP contribution in [-0.2, 0) is 9.59 Å². The molecule has 2 heterocycles. The van der Waals surface area contributed by atoms with Gasteiger partial charge in [0.15, 0.2) is 5.78 Å². The largest absolute Gasteiger partial charge is 0.334 e. The van der Waals surface area contributed by atoms with Crippen molar-refractivity contribution < 1.29 is 9.59 Å². The van der Waals surface area contributed by atoms with E-state index in [2.05, 4.69) is 0 Å². The summed E-state index contributed by atoms with van der Waals surface area (Å²) in [7, 11) is 0. The van der Waals surface area contributed by atoms with Crippen LogP contribution in [0.25, 0.3) is 0 Å². The van der Waals surface area contributed by atoms with Crippen LogP contribution < -0.4 is 0 Å². The van der Waals surface area contributed by atoms with E-state index in [4.69, 9.17) is 0 Å². The molecular weight excluding hydrogens is 210 g/mol. The zero-order chi connectivity index (χ0) is 10.9. The molecule has 0 spiro atoms. The van der Waals surface area contributed by atoms with Crippen molar-refractivity contribution in [3.05, 3.63) is 0 Å². The Bertz CT molecular complexity index is 284. The summed E-state index contributed by atoms with van der Waals surface area (Å²) in [6.07, 6.45) is 3.56. The molecule has 0 aromatic carbocycles. The normalized spacial score (nSPS) is 32.1. The van der Waals surface area contributed by atoms with Gasteiger partial charge in [0, 0.05) is 13.0 Å². The van der Waals surface area contributed by atoms with Gasteiger partial charge >= 0.3 is 0 Å². The highest BCUT2D eigenvalue weighted by molar-refractivity contribution is 8.01. The van der Waals surface area contributed by atoms with Crippen molar-refractivity contribution >= 4 is 23.5 Å². The highest BCUT2D eigenvalue weighted by Gasteiger charge is 2.40. The summed E-state index contributed by atoms with van der Waals surface area (Å²) in [6.45, 7) is 3.13. The summed E-state index contributed by atoms with van der Waals surface area (Å²) < 4.78 is -0.252. The molecule has 0 aliphatic carbocycles. The van der Waals surface area contributed by atoms with Crippen LogP contribution in [0.2, 0.25) is 0 Å². The van der Waals surface area contributed by atoms with E-state index in [-0.39, 0.29) is 16.4 Å². The van der Waals surface area contributed by atoms with Crippen LogP contribution in [0.5, 0.6) is 0 Å². The predicted octanol–water partition coefficient (Wildman–Crippen LogP) is 1.46. The molecule has 0 aromatic heterocycles. The minimum atomic E-state index is -0.252. The first-order chi connectivity index (χ1) is 7.12. The molecule has 0 N–H and O–H groups in total. The van der Waals surface area contributed by atoms with Gasteiger partial charge in [0.1, 0.15) is 0 Å². The maximum Gasteiger partial charge on any atom is 0.238 e. The molecule has 0 aromatic rings. The van der Waals surface area contributed by atoms with Crippen molar-refractivity contribution in [1.82, 2.24) is 4.90 Å². The van der Waals surface area contributed by atoms with Crippen molar-refractivity contribution in [3.63, 3.8) is 0 Å². The minimum absolute atomic E-state index is 0.179. The van der Waals surface area contributed by atoms with Crippen molar-refractivity contribution in [2.24, 2.45) is 0 Å². The van der Waals surface area contributed by atoms with Gasteiger partial charge in [-0.05, 0) is 31.9 Å². The van der Waals surface area contributed by atoms with Crippen LogP contribution in [0.3, 0.4) is 0 Å². The van der Waals surface area contributed by atoms with Gasteiger partial charge in [-0.3, -0.25) is 9.59 Å². The van der Waals surface area contributed by atoms with Gasteiger partial charge in [0.25, 0.3) is 0 Å². The Morgan fingerprint density at radius 3 is 2.87 bits per heavy atom. The van der Waals surface area contributed by atoms with Crippen LogP contribution in [0.4, 0.5) is 0 Å². The number of amides is 1. The maximum absolute atomic E-state index is 12.2. The smallest absolute Gasteiger partial charge is 0.238 e. The van der Waals surface area contributed by atoms with Crippen molar-refractivity contribution in [2.45, 2.75) is 37.4 Å². The average molecular weight is 227 g/mol. The van der Waals surface area contributed by atoms with E-state index in [1.165, 1.54) is 0 Å². The predicted molar refractivity (Wildman–Crippen MR) is 60.9 cm³/mol. The number of likely N-dealkylation sites (tertiary alicyclic amines) is 1. The van der Waals surface area contributed by atoms with Crippen LogP contribution in [0.15, 0.2) is 0 Å². The summed E-state index contributed by atoms with van der Waals surface area (Å²) in [4.78, 5) is 25.3. The van der Waals surface area contributed by atoms with Gasteiger partial charge in [0.2, 0.25) is 5.91 Å². The van der Waals surface area contributed by atoms with Gasteiger partial charge in [-0.1, -0.05) is 0 Å². The number of hydrogen-bond acceptors (Lipinski definition) is 3. The molecule has 1 amide bonds. The number of Topliss-reactive ketones (excluding diaryl/α,β-unsaturated/α-hetero) is 1. The zero-order valence-electron chi connectivity index (χ0n) is 9.12. The third kappa shape index (κ3) is 2.19. The fraction of sp³-hybridized carbons (Fsp3) is 0.818. The number of carbonyl (C=O) groups excluding carboxylic acids is 2. The van der Waals surface area contributed by atoms with Crippen LogP contribution in [0, 0.1) is 0 Å². The highest BCUT2D eigenvalue weighted by Crippen LogP contribution is 2.39. The number of carbonyl (C=O) groups is 2. The molecule has 0 bridgehead atoms. The molecular formula is C11H17NO2S. The molecule has 84 valence electrons. The Morgan fingerprint density at radius 1 is 1.47 bits per heavy atom. The number of hydrogen-bond donors (Lipinski definition) is 0. The average Bonchev–Trinajstić information content (AvgIpc) is 2.65. The number of nitrogens with zero attached hydrogens (tertiary/aromatic N) is 1. The first-order valence-corrected chi connectivity index (χ1v) is 6.55. The first-order valence-electron chi connectivity index (χ1n) is 5.57. The molecule has 2 aliphatic rings. The van der Waals surface area contributed by atoms with Crippen LogP contribution in [0.1, 0.15) is 32.6 Å². The van der Waals surface area contributed by atoms with Crippen molar-refractivity contribution in [3.8, 4) is 0 Å². The third-order valence-corrected chi connectivity index (χ3v) is 4.72. The summed E-state index contributed by atoms with van der Waals surface area (Å²) >= 11 is 1.75. The Morgan fingerprint density at radius 2 is 2.27 bits per heavy atom. The monoisotopic (exact) mass is 227 g/mol. The van der Waals surface area contributed by atoms with E-state index < -0.39 is 0 Å². The second kappa shape index (κ2) is 4.16. The van der Waals surface area contributed by atoms with Crippen LogP contribution >= 0.6 is 11.8 Å². The number of thioether (sulfide) groups is 1. The lowest BCUT2D eigenvalue weighted by Crippen LogP contribution is -2.48. The SMILES string of the molecule is CC1(C(=O)N2CCCC(=O)C2)CCCS1. The molecule has 4 heteroatoms. The zero-order valence-corrected chi connectivity index (χ0v) is 9.94. The Hall–Kier alpha value is -0.510. The third-order valence-electron chi connectivity index (χ3n) is 3.21. The molecule has 1 atom stereocenters. The van der Waals surface area contributed by atoms with Gasteiger partial charge in [-0.15, -0.1) is 11.8 Å². The summed E-state index contributed by atoms with van der Waals surface area (Å²) in [5, 5.41) is 0. The molecule has 0 saturated carbocycles. The summed E-state index contributed by atoms with van der Waals surface area (Å²) in [6, 6.07) is 0. The maximum atomic E-state index is 12.2. The minimum Gasteiger partial charge on any atom is -0.334 e. The molecule has 15 heavy (non-hydrogen) atoms. The number of rotatable bonds is 1. The second-order valence-electron chi connectivity index (χ2n) is 4.55. The van der Waals surface area contributed by atoms with E-state index in [0.29, 0.717) is 13.0 Å². The summed E-state index contributed by atoms with van der Waals surface area (Å²) in [5.41, 5.74) is 0. The fourth-order valence-electron chi connectivity index (χ4n) is 2.29. The molecule has 2 saturated heterocycles. The standard InChI is InChI=1S/C11H17NO2S/c1-11(5-3-7-15-11)10(14)12-6-2-4-9(13)8-12/h2-8H2,1H3. The Kier molecular flexibility index (Phi) is 3.05. The van der Waals surface area contributed by atoms with Crippen LogP contribution in [-0.4, -0.2) is 40.2 Å². The first kappa shape index (κ1) is 11.0. The quantitative estimate of drug-likeness (QED) is 0.680. The molecule has 1 unspecified atom stereocenters. The molecule has 2 rings (SSSR count). The fourth-order valence-corrected chi connectivity index (χ4v) is 3.57. The Balaban J connectivity index is 2.03. The topological polar surface area (TPSA) is 37.4 Å². The molecule has 2 aliphatic heterocycles. The van der Waals surface area contributed by atoms with Gasteiger partial charge < -0.3 is 4.90 Å². The van der Waals surface area contributed by atoms with E-state index in [9.17, 15) is 9.59 Å². The lowest BCUT2D eigenvalue weighted by molar-refractivity contribution is -0.139. The highest BCUT2D eigenvalue weighted by atomic mass is 32.2. The van der Waals surface area contributed by atoms with E-state index in [1.54, 1.807) is 16.7 Å². The van der Waals surface area contributed by atoms with Crippen molar-refractivity contribution in [2.75, 3.05) is 18.8 Å². The molecule has 3 nitrogen and oxygen atoms in total. The van der Waals surface area contributed by atoms with Gasteiger partial charge in [-0.2, -0.15) is 0 Å². The number of ketones is 1. The van der Waals surface area contributed by atoms with Gasteiger partial charge in [0.05, 0.1) is 11.3 Å². The van der Waals surface area contributed by atoms with E-state index in [0.717, 1.165) is 31.6 Å². The van der Waals surface area contributed by atoms with E-state index in [1.807, 2.05) is 6.92 Å². The summed E-state index contributed by atoms with van der Waals surface area (Å²) in [5.74, 6) is 1.46. The molecule has 0 radical (unpaired) electrons. The number of piperidine rings is 1. The van der Waals surface area contributed by atoms with E-state index >= 15 is 0 Å². The molecule has 2 fully saturated rings. The second-order valence-corrected chi connectivity index (χ2v) is 6.15. The Labute approximate surface area is 94.6 Å². The lowest BCUT2D eigenvalue weighted by atomic mass is 10.0. The lowest BCUT2D eigenvalue weighted by Gasteiger charge is -2.32. The van der Waals surface area contributed by atoms with Gasteiger partial charge in [-0.25, -0.2) is 0 Å².